The molecule has 0 bridgehead atoms. The van der Waals surface area contributed by atoms with Crippen molar-refractivity contribution in [3.63, 3.8) is 0 Å². The van der Waals surface area contributed by atoms with Crippen molar-refractivity contribution in [2.45, 2.75) is 6.54 Å². The Kier molecular flexibility index (Phi) is 2.71. The normalized spacial score (nSPS) is 9.09. The molecule has 0 radical (unpaired) electrons. The van der Waals surface area contributed by atoms with Gasteiger partial charge in [0.2, 0.25) is 0 Å². The number of aromatic nitrogens is 1. The lowest BCUT2D eigenvalue weighted by Crippen LogP contribution is -2.20. The number of halogens is 1. The Hall–Kier alpha value is -0.760. The topological polar surface area (TPSA) is 22.0 Å². The highest BCUT2D eigenvalue weighted by Gasteiger charge is 1.95. The van der Waals surface area contributed by atoms with Gasteiger partial charge in [0.25, 0.3) is 5.56 Å². The maximum absolute atomic E-state index is 11.2. The van der Waals surface area contributed by atoms with E-state index in [4.69, 9.17) is 6.42 Å². The standard InChI is InChI=1S/C8H6INO/c1-2-5-10-6-3-4-7(9)8(10)11/h1,3-4,6H,5H2. The Morgan fingerprint density at radius 1 is 1.73 bits per heavy atom. The van der Waals surface area contributed by atoms with Crippen LogP contribution in [0.4, 0.5) is 0 Å². The van der Waals surface area contributed by atoms with E-state index in [9.17, 15) is 4.79 Å². The van der Waals surface area contributed by atoms with Crippen LogP contribution in [0.1, 0.15) is 0 Å². The molecule has 0 saturated heterocycles. The number of terminal acetylenes is 1. The van der Waals surface area contributed by atoms with E-state index in [1.165, 1.54) is 4.57 Å². The fourth-order valence-electron chi connectivity index (χ4n) is 0.730. The summed E-state index contributed by atoms with van der Waals surface area (Å²) in [4.78, 5) is 11.2. The van der Waals surface area contributed by atoms with Crippen LogP contribution in [-0.2, 0) is 6.54 Å². The smallest absolute Gasteiger partial charge is 0.264 e. The van der Waals surface area contributed by atoms with Crippen molar-refractivity contribution in [1.29, 1.82) is 0 Å². The zero-order valence-corrected chi connectivity index (χ0v) is 7.91. The van der Waals surface area contributed by atoms with Gasteiger partial charge in [-0.15, -0.1) is 6.42 Å². The summed E-state index contributed by atoms with van der Waals surface area (Å²) in [5.74, 6) is 2.41. The van der Waals surface area contributed by atoms with Crippen LogP contribution in [0, 0.1) is 15.9 Å². The summed E-state index contributed by atoms with van der Waals surface area (Å²) in [5, 5.41) is 0. The summed E-state index contributed by atoms with van der Waals surface area (Å²) in [7, 11) is 0. The second kappa shape index (κ2) is 3.58. The highest BCUT2D eigenvalue weighted by molar-refractivity contribution is 14.1. The number of rotatable bonds is 1. The van der Waals surface area contributed by atoms with E-state index in [0.29, 0.717) is 10.1 Å². The largest absolute Gasteiger partial charge is 0.303 e. The molecule has 0 aromatic carbocycles. The van der Waals surface area contributed by atoms with Crippen LogP contribution >= 0.6 is 22.6 Å². The molecule has 0 fully saturated rings. The third-order valence-electron chi connectivity index (χ3n) is 1.24. The number of hydrogen-bond acceptors (Lipinski definition) is 1. The second-order valence-electron chi connectivity index (χ2n) is 1.99. The minimum absolute atomic E-state index is 0.0222. The van der Waals surface area contributed by atoms with E-state index in [0.717, 1.165) is 0 Å². The molecule has 0 N–H and O–H groups in total. The molecule has 1 aromatic heterocycles. The van der Waals surface area contributed by atoms with E-state index in [-0.39, 0.29) is 5.56 Å². The Morgan fingerprint density at radius 2 is 2.45 bits per heavy atom. The van der Waals surface area contributed by atoms with E-state index in [2.05, 4.69) is 5.92 Å². The van der Waals surface area contributed by atoms with E-state index >= 15 is 0 Å². The van der Waals surface area contributed by atoms with Crippen LogP contribution in [0.5, 0.6) is 0 Å². The average molecular weight is 259 g/mol. The van der Waals surface area contributed by atoms with E-state index in [1.54, 1.807) is 18.3 Å². The van der Waals surface area contributed by atoms with Crippen molar-refractivity contribution >= 4 is 22.6 Å². The van der Waals surface area contributed by atoms with E-state index in [1.807, 2.05) is 22.6 Å². The minimum Gasteiger partial charge on any atom is -0.303 e. The number of hydrogen-bond donors (Lipinski definition) is 0. The predicted molar refractivity (Wildman–Crippen MR) is 52.3 cm³/mol. The fraction of sp³-hybridized carbons (Fsp3) is 0.125. The second-order valence-corrected chi connectivity index (χ2v) is 3.16. The maximum atomic E-state index is 11.2. The Bertz CT molecular complexity index is 348. The molecule has 0 atom stereocenters. The van der Waals surface area contributed by atoms with Gasteiger partial charge in [-0.2, -0.15) is 0 Å². The third-order valence-corrected chi connectivity index (χ3v) is 2.06. The highest BCUT2D eigenvalue weighted by atomic mass is 127. The fourth-order valence-corrected chi connectivity index (χ4v) is 1.25. The third kappa shape index (κ3) is 1.84. The molecule has 11 heavy (non-hydrogen) atoms. The Balaban J connectivity index is 3.20. The molecular weight excluding hydrogens is 253 g/mol. The molecule has 0 aliphatic heterocycles. The molecule has 1 heterocycles. The van der Waals surface area contributed by atoms with Gasteiger partial charge in [-0.25, -0.2) is 0 Å². The zero-order chi connectivity index (χ0) is 8.27. The molecule has 0 aliphatic rings. The predicted octanol–water partition coefficient (Wildman–Crippen LogP) is 1.09. The molecule has 1 aromatic rings. The van der Waals surface area contributed by atoms with Crippen LogP contribution in [-0.4, -0.2) is 4.57 Å². The van der Waals surface area contributed by atoms with Gasteiger partial charge in [0, 0.05) is 6.20 Å². The summed E-state index contributed by atoms with van der Waals surface area (Å²) in [6.07, 6.45) is 6.75. The van der Waals surface area contributed by atoms with Crippen LogP contribution in [0.3, 0.4) is 0 Å². The highest BCUT2D eigenvalue weighted by Crippen LogP contribution is 1.94. The van der Waals surface area contributed by atoms with Crippen molar-refractivity contribution in [2.75, 3.05) is 0 Å². The van der Waals surface area contributed by atoms with Crippen molar-refractivity contribution in [2.24, 2.45) is 0 Å². The lowest BCUT2D eigenvalue weighted by atomic mass is 10.4. The molecule has 3 heteroatoms. The van der Waals surface area contributed by atoms with Gasteiger partial charge in [0.1, 0.15) is 0 Å². The summed E-state index contributed by atoms with van der Waals surface area (Å²) in [6, 6.07) is 3.57. The average Bonchev–Trinajstić information content (AvgIpc) is 1.99. The van der Waals surface area contributed by atoms with Gasteiger partial charge in [0.15, 0.2) is 0 Å². The Morgan fingerprint density at radius 3 is 3.09 bits per heavy atom. The van der Waals surface area contributed by atoms with Gasteiger partial charge < -0.3 is 4.57 Å². The van der Waals surface area contributed by atoms with Gasteiger partial charge in [-0.1, -0.05) is 5.92 Å². The molecule has 0 unspecified atom stereocenters. The SMILES string of the molecule is C#CCn1cccc(I)c1=O. The van der Waals surface area contributed by atoms with Crippen molar-refractivity contribution < 1.29 is 0 Å². The van der Waals surface area contributed by atoms with E-state index < -0.39 is 0 Å². The first-order valence-corrected chi connectivity index (χ1v) is 4.12. The zero-order valence-electron chi connectivity index (χ0n) is 5.75. The van der Waals surface area contributed by atoms with Gasteiger partial charge in [0.05, 0.1) is 10.1 Å². The first kappa shape index (κ1) is 8.34. The lowest BCUT2D eigenvalue weighted by molar-refractivity contribution is 0.790. The van der Waals surface area contributed by atoms with Crippen molar-refractivity contribution in [3.05, 3.63) is 32.3 Å². The molecule has 0 saturated carbocycles. The molecule has 56 valence electrons. The Labute approximate surface area is 78.4 Å². The van der Waals surface area contributed by atoms with Crippen LogP contribution < -0.4 is 5.56 Å². The summed E-state index contributed by atoms with van der Waals surface area (Å²) >= 11 is 1.99. The van der Waals surface area contributed by atoms with Crippen LogP contribution in [0.15, 0.2) is 23.1 Å². The first-order chi connectivity index (χ1) is 5.25. The molecular formula is C8H6INO. The van der Waals surface area contributed by atoms with Gasteiger partial charge in [-0.3, -0.25) is 4.79 Å². The molecule has 0 aliphatic carbocycles. The monoisotopic (exact) mass is 259 g/mol. The molecule has 0 amide bonds. The van der Waals surface area contributed by atoms with Crippen molar-refractivity contribution in [1.82, 2.24) is 4.57 Å². The van der Waals surface area contributed by atoms with Crippen LogP contribution in [0.2, 0.25) is 0 Å². The van der Waals surface area contributed by atoms with Gasteiger partial charge >= 0.3 is 0 Å². The number of pyridine rings is 1. The molecule has 2 nitrogen and oxygen atoms in total. The minimum atomic E-state index is -0.0222. The summed E-state index contributed by atoms with van der Waals surface area (Å²) < 4.78 is 2.20. The first-order valence-electron chi connectivity index (χ1n) is 3.04. The van der Waals surface area contributed by atoms with Gasteiger partial charge in [-0.05, 0) is 34.7 Å². The molecule has 1 rings (SSSR count). The summed E-state index contributed by atoms with van der Waals surface area (Å²) in [6.45, 7) is 0.343. The maximum Gasteiger partial charge on any atom is 0.264 e. The quantitative estimate of drug-likeness (QED) is 0.546. The number of nitrogens with zero attached hydrogens (tertiary/aromatic N) is 1. The molecule has 0 spiro atoms. The van der Waals surface area contributed by atoms with Crippen molar-refractivity contribution in [3.8, 4) is 12.3 Å². The lowest BCUT2D eigenvalue weighted by Gasteiger charge is -1.98. The summed E-state index contributed by atoms with van der Waals surface area (Å²) in [5.41, 5.74) is -0.0222. The van der Waals surface area contributed by atoms with Crippen LogP contribution in [0.25, 0.3) is 0 Å².